The summed E-state index contributed by atoms with van der Waals surface area (Å²) in [4.78, 5) is 29.1. The number of carbonyl (C=O) groups is 1. The number of benzene rings is 1. The van der Waals surface area contributed by atoms with Gasteiger partial charge >= 0.3 is 5.97 Å². The van der Waals surface area contributed by atoms with E-state index in [4.69, 9.17) is 4.74 Å². The van der Waals surface area contributed by atoms with E-state index in [1.165, 1.54) is 24.0 Å². The van der Waals surface area contributed by atoms with Crippen LogP contribution in [0.3, 0.4) is 0 Å². The lowest BCUT2D eigenvalue weighted by Gasteiger charge is -2.11. The largest absolute Gasteiger partial charge is 0.465 e. The van der Waals surface area contributed by atoms with Gasteiger partial charge < -0.3 is 4.74 Å². The average Bonchev–Trinajstić information content (AvgIpc) is 3.08. The normalized spacial score (nSPS) is 11.2. The van der Waals surface area contributed by atoms with Crippen LogP contribution in [0.15, 0.2) is 47.7 Å². The first-order valence-corrected chi connectivity index (χ1v) is 8.05. The maximum Gasteiger partial charge on any atom is 0.343 e. The summed E-state index contributed by atoms with van der Waals surface area (Å²) in [6, 6.07) is 7.76. The number of fused-ring (bicyclic) bond motifs is 3. The number of carbonyl (C=O) groups excluding carboxylic acids is 1. The summed E-state index contributed by atoms with van der Waals surface area (Å²) in [6.45, 7) is 3.95. The Labute approximate surface area is 148 Å². The van der Waals surface area contributed by atoms with Crippen LogP contribution in [-0.4, -0.2) is 32.2 Å². The van der Waals surface area contributed by atoms with Gasteiger partial charge in [0.25, 0.3) is 5.56 Å². The summed E-state index contributed by atoms with van der Waals surface area (Å²) in [7, 11) is 1.30. The second kappa shape index (κ2) is 5.80. The van der Waals surface area contributed by atoms with Crippen LogP contribution < -0.4 is 5.56 Å². The van der Waals surface area contributed by atoms with Gasteiger partial charge in [-0.1, -0.05) is 12.1 Å². The Kier molecular flexibility index (Phi) is 3.57. The van der Waals surface area contributed by atoms with Gasteiger partial charge in [0.2, 0.25) is 0 Å². The highest BCUT2D eigenvalue weighted by Gasteiger charge is 2.17. The van der Waals surface area contributed by atoms with Crippen molar-refractivity contribution < 1.29 is 9.53 Å². The fourth-order valence-corrected chi connectivity index (χ4v) is 3.04. The molecule has 4 rings (SSSR count). The topological polar surface area (TPSA) is 78.5 Å². The minimum atomic E-state index is -0.518. The predicted molar refractivity (Wildman–Crippen MR) is 96.9 cm³/mol. The van der Waals surface area contributed by atoms with Crippen molar-refractivity contribution in [1.29, 1.82) is 0 Å². The lowest BCUT2D eigenvalue weighted by atomic mass is 10.1. The molecule has 0 N–H and O–H groups in total. The van der Waals surface area contributed by atoms with Crippen molar-refractivity contribution in [3.8, 4) is 5.69 Å². The third kappa shape index (κ3) is 2.28. The van der Waals surface area contributed by atoms with Crippen LogP contribution in [0.4, 0.5) is 0 Å². The maximum atomic E-state index is 13.0. The van der Waals surface area contributed by atoms with Crippen molar-refractivity contribution in [3.63, 3.8) is 0 Å². The Morgan fingerprint density at radius 1 is 1.15 bits per heavy atom. The molecule has 0 unspecified atom stereocenters. The molecule has 0 saturated carbocycles. The fourth-order valence-electron chi connectivity index (χ4n) is 3.04. The Morgan fingerprint density at radius 2 is 1.96 bits per heavy atom. The summed E-state index contributed by atoms with van der Waals surface area (Å²) in [6.07, 6.45) is 4.58. The number of esters is 1. The van der Waals surface area contributed by atoms with Crippen LogP contribution in [0.1, 0.15) is 21.5 Å². The molecule has 0 amide bonds. The molecule has 26 heavy (non-hydrogen) atoms. The van der Waals surface area contributed by atoms with Gasteiger partial charge in [0.15, 0.2) is 5.65 Å². The number of rotatable bonds is 2. The van der Waals surface area contributed by atoms with Crippen molar-refractivity contribution in [1.82, 2.24) is 19.2 Å². The Morgan fingerprint density at radius 3 is 2.73 bits per heavy atom. The summed E-state index contributed by atoms with van der Waals surface area (Å²) < 4.78 is 7.82. The van der Waals surface area contributed by atoms with E-state index < -0.39 is 5.97 Å². The molecule has 0 spiro atoms. The molecule has 0 aliphatic rings. The minimum absolute atomic E-state index is 0.194. The second-order valence-corrected chi connectivity index (χ2v) is 6.12. The molecule has 0 atom stereocenters. The van der Waals surface area contributed by atoms with E-state index in [1.54, 1.807) is 16.8 Å². The zero-order chi connectivity index (χ0) is 18.4. The monoisotopic (exact) mass is 348 g/mol. The first-order chi connectivity index (χ1) is 12.5. The van der Waals surface area contributed by atoms with Crippen LogP contribution in [0.25, 0.3) is 22.2 Å². The van der Waals surface area contributed by atoms with Crippen LogP contribution >= 0.6 is 0 Å². The summed E-state index contributed by atoms with van der Waals surface area (Å²) >= 11 is 0. The van der Waals surface area contributed by atoms with Crippen molar-refractivity contribution in [2.45, 2.75) is 13.8 Å². The molecule has 0 radical (unpaired) electrons. The second-order valence-electron chi connectivity index (χ2n) is 6.12. The number of aromatic nitrogens is 4. The maximum absolute atomic E-state index is 13.0. The molecule has 0 aliphatic heterocycles. The fraction of sp³-hybridized carbons (Fsp3) is 0.158. The van der Waals surface area contributed by atoms with Gasteiger partial charge in [0.1, 0.15) is 5.56 Å². The van der Waals surface area contributed by atoms with E-state index in [0.717, 1.165) is 16.8 Å². The molecule has 3 heterocycles. The molecule has 0 bridgehead atoms. The minimum Gasteiger partial charge on any atom is -0.465 e. The van der Waals surface area contributed by atoms with Gasteiger partial charge in [-0.25, -0.2) is 14.3 Å². The molecule has 7 heteroatoms. The number of pyridine rings is 1. The Balaban J connectivity index is 2.00. The number of aryl methyl sites for hydroxylation is 2. The zero-order valence-electron chi connectivity index (χ0n) is 14.6. The Hall–Kier alpha value is -3.48. The lowest BCUT2D eigenvalue weighted by molar-refractivity contribution is 0.0602. The average molecular weight is 348 g/mol. The van der Waals surface area contributed by atoms with Crippen molar-refractivity contribution in [2.24, 2.45) is 0 Å². The van der Waals surface area contributed by atoms with Crippen LogP contribution in [0.5, 0.6) is 0 Å². The van der Waals surface area contributed by atoms with Gasteiger partial charge in [0, 0.05) is 12.4 Å². The zero-order valence-corrected chi connectivity index (χ0v) is 14.6. The molecule has 0 aliphatic carbocycles. The number of hydrogen-bond acceptors (Lipinski definition) is 5. The van der Waals surface area contributed by atoms with Crippen LogP contribution in [-0.2, 0) is 4.74 Å². The van der Waals surface area contributed by atoms with E-state index in [9.17, 15) is 9.59 Å². The molecule has 1 aromatic carbocycles. The number of methoxy groups -OCH3 is 1. The molecule has 0 fully saturated rings. The van der Waals surface area contributed by atoms with Crippen LogP contribution in [0, 0.1) is 13.8 Å². The van der Waals surface area contributed by atoms with Crippen molar-refractivity contribution in [2.75, 3.05) is 7.11 Å². The molecule has 3 aromatic heterocycles. The van der Waals surface area contributed by atoms with Gasteiger partial charge in [-0.15, -0.1) is 0 Å². The first kappa shape index (κ1) is 16.0. The third-order valence-corrected chi connectivity index (χ3v) is 4.42. The van der Waals surface area contributed by atoms with Gasteiger partial charge in [-0.05, 0) is 37.1 Å². The van der Waals surface area contributed by atoms with E-state index in [1.807, 2.05) is 32.0 Å². The molecule has 0 saturated heterocycles. The molecular formula is C19H16N4O3. The lowest BCUT2D eigenvalue weighted by Crippen LogP contribution is -2.19. The van der Waals surface area contributed by atoms with Gasteiger partial charge in [-0.2, -0.15) is 5.10 Å². The highest BCUT2D eigenvalue weighted by Crippen LogP contribution is 2.18. The number of nitrogens with zero attached hydrogens (tertiary/aromatic N) is 4. The number of ether oxygens (including phenoxy) is 1. The standard InChI is InChI=1S/C19H16N4O3/c1-11-4-5-12(2)16(8-11)22-7-6-15-13(18(22)24)9-20-17-14(19(25)26-3)10-21-23(15)17/h4-10H,1-3H3. The number of hydrogen-bond donors (Lipinski definition) is 0. The van der Waals surface area contributed by atoms with Crippen LogP contribution in [0.2, 0.25) is 0 Å². The smallest absolute Gasteiger partial charge is 0.343 e. The third-order valence-electron chi connectivity index (χ3n) is 4.42. The molecular weight excluding hydrogens is 332 g/mol. The van der Waals surface area contributed by atoms with E-state index in [2.05, 4.69) is 10.1 Å². The molecule has 130 valence electrons. The summed E-state index contributed by atoms with van der Waals surface area (Å²) in [5.41, 5.74) is 3.89. The van der Waals surface area contributed by atoms with Gasteiger partial charge in [0.05, 0.1) is 29.9 Å². The predicted octanol–water partition coefficient (Wildman–Crippen LogP) is 2.44. The summed E-state index contributed by atoms with van der Waals surface area (Å²) in [5.74, 6) is -0.518. The summed E-state index contributed by atoms with van der Waals surface area (Å²) in [5, 5.41) is 4.61. The van der Waals surface area contributed by atoms with Gasteiger partial charge in [-0.3, -0.25) is 9.36 Å². The Bertz CT molecular complexity index is 1240. The quantitative estimate of drug-likeness (QED) is 0.520. The highest BCUT2D eigenvalue weighted by atomic mass is 16.5. The molecule has 7 nitrogen and oxygen atoms in total. The van der Waals surface area contributed by atoms with Crippen molar-refractivity contribution >= 4 is 22.5 Å². The van der Waals surface area contributed by atoms with E-state index in [0.29, 0.717) is 16.6 Å². The van der Waals surface area contributed by atoms with E-state index >= 15 is 0 Å². The first-order valence-electron chi connectivity index (χ1n) is 8.05. The SMILES string of the molecule is COC(=O)c1cnn2c1ncc1c(=O)n(-c3cc(C)ccc3C)ccc12. The van der Waals surface area contributed by atoms with E-state index in [-0.39, 0.29) is 11.1 Å². The van der Waals surface area contributed by atoms with Crippen molar-refractivity contribution in [3.05, 3.63) is 69.9 Å². The highest BCUT2D eigenvalue weighted by molar-refractivity contribution is 5.96. The molecule has 4 aromatic rings.